The number of hydrogen-bond donors (Lipinski definition) is 1. The second-order valence-electron chi connectivity index (χ2n) is 6.46. The predicted molar refractivity (Wildman–Crippen MR) is 93.3 cm³/mol. The second kappa shape index (κ2) is 7.19. The number of piperazine rings is 1. The quantitative estimate of drug-likeness (QED) is 0.868. The molecule has 6 heteroatoms. The molecule has 0 saturated carbocycles. The molecule has 3 rings (SSSR count). The number of amides is 1. The third-order valence-electron chi connectivity index (χ3n) is 4.58. The van der Waals surface area contributed by atoms with Gasteiger partial charge in [0.15, 0.2) is 5.78 Å². The fourth-order valence-electron chi connectivity index (χ4n) is 3.22. The number of nitrogens with zero attached hydrogens (tertiary/aromatic N) is 2. The van der Waals surface area contributed by atoms with E-state index in [1.165, 1.54) is 12.1 Å². The molecule has 2 heterocycles. The second-order valence-corrected chi connectivity index (χ2v) is 6.46. The lowest BCUT2D eigenvalue weighted by Crippen LogP contribution is -2.50. The topological polar surface area (TPSA) is 56.4 Å². The summed E-state index contributed by atoms with van der Waals surface area (Å²) in [6, 6.07) is 7.90. The van der Waals surface area contributed by atoms with Crippen molar-refractivity contribution in [1.29, 1.82) is 0 Å². The molecule has 1 aromatic heterocycles. The lowest BCUT2D eigenvalue weighted by Gasteiger charge is -2.34. The van der Waals surface area contributed by atoms with Crippen LogP contribution in [0.5, 0.6) is 0 Å². The summed E-state index contributed by atoms with van der Waals surface area (Å²) in [7, 11) is 0. The van der Waals surface area contributed by atoms with E-state index in [1.807, 2.05) is 24.8 Å². The predicted octanol–water partition coefficient (Wildman–Crippen LogP) is 2.41. The van der Waals surface area contributed by atoms with Gasteiger partial charge in [-0.15, -0.1) is 0 Å². The average Bonchev–Trinajstić information content (AvgIpc) is 2.94. The van der Waals surface area contributed by atoms with Crippen LogP contribution in [0.1, 0.15) is 32.1 Å². The van der Waals surface area contributed by atoms with Crippen LogP contribution >= 0.6 is 0 Å². The monoisotopic (exact) mass is 343 g/mol. The Kier molecular flexibility index (Phi) is 4.99. The summed E-state index contributed by atoms with van der Waals surface area (Å²) in [6.07, 6.45) is 0. The van der Waals surface area contributed by atoms with Gasteiger partial charge in [-0.1, -0.05) is 12.1 Å². The van der Waals surface area contributed by atoms with Crippen LogP contribution in [0.15, 0.2) is 30.3 Å². The third-order valence-corrected chi connectivity index (χ3v) is 4.58. The molecular weight excluding hydrogens is 321 g/mol. The van der Waals surface area contributed by atoms with Gasteiger partial charge in [-0.25, -0.2) is 4.39 Å². The lowest BCUT2D eigenvalue weighted by atomic mass is 10.1. The zero-order valence-corrected chi connectivity index (χ0v) is 14.5. The molecule has 1 aliphatic rings. The summed E-state index contributed by atoms with van der Waals surface area (Å²) in [5.41, 5.74) is 2.69. The first-order chi connectivity index (χ1) is 12.0. The summed E-state index contributed by atoms with van der Waals surface area (Å²) in [5.74, 6) is -0.708. The molecule has 25 heavy (non-hydrogen) atoms. The van der Waals surface area contributed by atoms with Gasteiger partial charge < -0.3 is 9.88 Å². The Labute approximate surface area is 146 Å². The largest absolute Gasteiger partial charge is 0.362 e. The van der Waals surface area contributed by atoms with E-state index in [0.29, 0.717) is 32.7 Å². The molecule has 1 saturated heterocycles. The number of carbonyl (C=O) groups is 2. The molecule has 0 aliphatic carbocycles. The van der Waals surface area contributed by atoms with Gasteiger partial charge in [0.25, 0.3) is 5.91 Å². The highest BCUT2D eigenvalue weighted by molar-refractivity contribution is 5.99. The Hall–Kier alpha value is -2.47. The number of carbonyl (C=O) groups excluding carboxylic acids is 2. The normalized spacial score (nSPS) is 15.4. The number of aromatic nitrogens is 1. The summed E-state index contributed by atoms with van der Waals surface area (Å²) in [5, 5.41) is 0. The highest BCUT2D eigenvalue weighted by Crippen LogP contribution is 2.14. The molecule has 1 fully saturated rings. The van der Waals surface area contributed by atoms with E-state index < -0.39 is 5.82 Å². The molecule has 1 aliphatic heterocycles. The molecule has 132 valence electrons. The maximum Gasteiger partial charge on any atom is 0.256 e. The van der Waals surface area contributed by atoms with Crippen LogP contribution in [-0.4, -0.2) is 59.2 Å². The van der Waals surface area contributed by atoms with E-state index in [0.717, 1.165) is 17.0 Å². The first-order valence-electron chi connectivity index (χ1n) is 8.41. The standard InChI is InChI=1S/C19H22FN3O2/c1-13-11-16(14(2)21-13)18(24)12-22-7-9-23(10-8-22)19(25)15-5-3-4-6-17(15)20/h3-6,11,21H,7-10,12H2,1-2H3. The fraction of sp³-hybridized carbons (Fsp3) is 0.368. The summed E-state index contributed by atoms with van der Waals surface area (Å²) in [6.45, 7) is 6.35. The number of aromatic amines is 1. The number of rotatable bonds is 4. The van der Waals surface area contributed by atoms with E-state index in [1.54, 1.807) is 17.0 Å². The Balaban J connectivity index is 1.57. The molecule has 5 nitrogen and oxygen atoms in total. The molecule has 0 radical (unpaired) electrons. The summed E-state index contributed by atoms with van der Waals surface area (Å²) in [4.78, 5) is 31.7. The van der Waals surface area contributed by atoms with Crippen molar-refractivity contribution in [3.63, 3.8) is 0 Å². The molecule has 0 unspecified atom stereocenters. The minimum absolute atomic E-state index is 0.0794. The molecule has 0 bridgehead atoms. The number of hydrogen-bond acceptors (Lipinski definition) is 3. The fourth-order valence-corrected chi connectivity index (χ4v) is 3.22. The number of aryl methyl sites for hydroxylation is 2. The van der Waals surface area contributed by atoms with E-state index in [-0.39, 0.29) is 17.3 Å². The van der Waals surface area contributed by atoms with E-state index >= 15 is 0 Å². The molecular formula is C19H22FN3O2. The SMILES string of the molecule is Cc1cc(C(=O)CN2CCN(C(=O)c3ccccc3F)CC2)c(C)[nH]1. The number of Topliss-reactive ketones (excluding diaryl/α,β-unsaturated/α-hetero) is 1. The van der Waals surface area contributed by atoms with Crippen molar-refractivity contribution >= 4 is 11.7 Å². The smallest absolute Gasteiger partial charge is 0.256 e. The average molecular weight is 343 g/mol. The van der Waals surface area contributed by atoms with Crippen molar-refractivity contribution in [2.75, 3.05) is 32.7 Å². The molecule has 2 aromatic rings. The van der Waals surface area contributed by atoms with Crippen molar-refractivity contribution in [3.05, 3.63) is 58.7 Å². The third kappa shape index (κ3) is 3.79. The zero-order valence-electron chi connectivity index (χ0n) is 14.5. The van der Waals surface area contributed by atoms with E-state index in [2.05, 4.69) is 4.98 Å². The van der Waals surface area contributed by atoms with Crippen LogP contribution in [0, 0.1) is 19.7 Å². The van der Waals surface area contributed by atoms with Crippen LogP contribution < -0.4 is 0 Å². The van der Waals surface area contributed by atoms with Crippen molar-refractivity contribution in [2.24, 2.45) is 0 Å². The Morgan fingerprint density at radius 2 is 1.76 bits per heavy atom. The van der Waals surface area contributed by atoms with Gasteiger partial charge in [0.05, 0.1) is 12.1 Å². The number of nitrogens with one attached hydrogen (secondary N) is 1. The van der Waals surface area contributed by atoms with Crippen LogP contribution in [0.3, 0.4) is 0 Å². The summed E-state index contributed by atoms with van der Waals surface area (Å²) < 4.78 is 13.8. The minimum Gasteiger partial charge on any atom is -0.362 e. The van der Waals surface area contributed by atoms with Gasteiger partial charge in [-0.3, -0.25) is 14.5 Å². The number of ketones is 1. The molecule has 1 N–H and O–H groups in total. The first-order valence-corrected chi connectivity index (χ1v) is 8.41. The van der Waals surface area contributed by atoms with Gasteiger partial charge in [-0.05, 0) is 32.0 Å². The van der Waals surface area contributed by atoms with Gasteiger partial charge in [0.2, 0.25) is 0 Å². The number of halogens is 1. The van der Waals surface area contributed by atoms with Gasteiger partial charge in [0, 0.05) is 43.1 Å². The van der Waals surface area contributed by atoms with Crippen LogP contribution in [0.25, 0.3) is 0 Å². The van der Waals surface area contributed by atoms with Crippen molar-refractivity contribution in [1.82, 2.24) is 14.8 Å². The number of H-pyrrole nitrogens is 1. The van der Waals surface area contributed by atoms with Crippen LogP contribution in [-0.2, 0) is 0 Å². The number of benzene rings is 1. The van der Waals surface area contributed by atoms with E-state index in [9.17, 15) is 14.0 Å². The van der Waals surface area contributed by atoms with Crippen molar-refractivity contribution < 1.29 is 14.0 Å². The van der Waals surface area contributed by atoms with Gasteiger partial charge in [-0.2, -0.15) is 0 Å². The zero-order chi connectivity index (χ0) is 18.0. The Morgan fingerprint density at radius 3 is 2.36 bits per heavy atom. The highest BCUT2D eigenvalue weighted by Gasteiger charge is 2.25. The van der Waals surface area contributed by atoms with E-state index in [4.69, 9.17) is 0 Å². The summed E-state index contributed by atoms with van der Waals surface area (Å²) >= 11 is 0. The van der Waals surface area contributed by atoms with Crippen molar-refractivity contribution in [3.8, 4) is 0 Å². The highest BCUT2D eigenvalue weighted by atomic mass is 19.1. The minimum atomic E-state index is -0.497. The molecule has 1 amide bonds. The Bertz CT molecular complexity index is 792. The molecule has 0 spiro atoms. The lowest BCUT2D eigenvalue weighted by molar-refractivity contribution is 0.0620. The van der Waals surface area contributed by atoms with Crippen molar-refractivity contribution in [2.45, 2.75) is 13.8 Å². The van der Waals surface area contributed by atoms with Crippen LogP contribution in [0.4, 0.5) is 4.39 Å². The Morgan fingerprint density at radius 1 is 1.08 bits per heavy atom. The molecule has 0 atom stereocenters. The molecule has 1 aromatic carbocycles. The maximum atomic E-state index is 13.8. The first kappa shape index (κ1) is 17.4. The van der Waals surface area contributed by atoms with Gasteiger partial charge in [0.1, 0.15) is 5.82 Å². The maximum absolute atomic E-state index is 13.8. The van der Waals surface area contributed by atoms with Crippen LogP contribution in [0.2, 0.25) is 0 Å². The van der Waals surface area contributed by atoms with Gasteiger partial charge >= 0.3 is 0 Å².